The van der Waals surface area contributed by atoms with Crippen LogP contribution in [0.15, 0.2) is 78.9 Å². The average molecular weight is 594 g/mol. The highest BCUT2D eigenvalue weighted by Crippen LogP contribution is 2.16. The first-order valence-electron chi connectivity index (χ1n) is 13.6. The molecule has 2 atom stereocenters. The van der Waals surface area contributed by atoms with Crippen LogP contribution in [0.5, 0.6) is 0 Å². The molecule has 0 aliphatic rings. The first-order valence-corrected chi connectivity index (χ1v) is 13.6. The highest BCUT2D eigenvalue weighted by Gasteiger charge is 2.28. The number of amides is 5. The zero-order valence-electron chi connectivity index (χ0n) is 23.3. The molecule has 3 aromatic carbocycles. The second-order valence-electron chi connectivity index (χ2n) is 9.75. The minimum absolute atomic E-state index is 0.0388. The standard InChI is InChI=1S/C31H33F2N5O5/c32-22-12-13-24(23(33)18-22)37-30(42)25(14-15-27(34)39)38-31(43)26(17-21-9-5-2-6-10-21)36-29(41)19-35-28(40)16-11-20-7-3-1-4-8-20/h1-10,12-13,18,25-26H,11,14-17,19H2,(H2,34,39)(H,35,40)(H,36,41)(H,37,42)(H,38,43)/t25-,26-/m0/s1. The molecule has 0 bridgehead atoms. The first-order chi connectivity index (χ1) is 20.6. The zero-order valence-corrected chi connectivity index (χ0v) is 23.3. The molecule has 0 spiro atoms. The Hall–Kier alpha value is -5.13. The molecule has 226 valence electrons. The molecule has 0 unspecified atom stereocenters. The lowest BCUT2D eigenvalue weighted by Crippen LogP contribution is -2.54. The molecule has 0 aliphatic heterocycles. The van der Waals surface area contributed by atoms with Crippen molar-refractivity contribution in [2.75, 3.05) is 11.9 Å². The number of carbonyl (C=O) groups is 5. The summed E-state index contributed by atoms with van der Waals surface area (Å²) in [4.78, 5) is 62.8. The minimum atomic E-state index is -1.35. The average Bonchev–Trinajstić information content (AvgIpc) is 2.99. The fourth-order valence-corrected chi connectivity index (χ4v) is 4.11. The smallest absolute Gasteiger partial charge is 0.247 e. The summed E-state index contributed by atoms with van der Waals surface area (Å²) in [6.07, 6.45) is 0.186. The van der Waals surface area contributed by atoms with Crippen LogP contribution >= 0.6 is 0 Å². The number of aryl methyl sites for hydroxylation is 1. The summed E-state index contributed by atoms with van der Waals surface area (Å²) in [5.41, 5.74) is 6.56. The molecule has 10 nitrogen and oxygen atoms in total. The van der Waals surface area contributed by atoms with E-state index in [1.54, 1.807) is 30.3 Å². The van der Waals surface area contributed by atoms with Gasteiger partial charge < -0.3 is 27.0 Å². The van der Waals surface area contributed by atoms with Crippen molar-refractivity contribution >= 4 is 35.2 Å². The molecule has 5 amide bonds. The summed E-state index contributed by atoms with van der Waals surface area (Å²) in [7, 11) is 0. The van der Waals surface area contributed by atoms with Crippen molar-refractivity contribution < 1.29 is 32.8 Å². The van der Waals surface area contributed by atoms with Crippen LogP contribution in [0.2, 0.25) is 0 Å². The van der Waals surface area contributed by atoms with Gasteiger partial charge in [-0.1, -0.05) is 60.7 Å². The van der Waals surface area contributed by atoms with Crippen LogP contribution in [-0.4, -0.2) is 48.2 Å². The maximum atomic E-state index is 14.1. The van der Waals surface area contributed by atoms with Crippen molar-refractivity contribution in [1.29, 1.82) is 0 Å². The van der Waals surface area contributed by atoms with E-state index in [0.717, 1.165) is 17.7 Å². The van der Waals surface area contributed by atoms with Crippen LogP contribution in [0.25, 0.3) is 0 Å². The van der Waals surface area contributed by atoms with E-state index in [9.17, 15) is 32.8 Å². The number of carbonyl (C=O) groups excluding carboxylic acids is 5. The van der Waals surface area contributed by atoms with Crippen molar-refractivity contribution in [2.24, 2.45) is 5.73 Å². The molecule has 0 aromatic heterocycles. The molecule has 6 N–H and O–H groups in total. The Labute approximate surface area is 247 Å². The Kier molecular flexibility index (Phi) is 12.3. The van der Waals surface area contributed by atoms with E-state index in [1.165, 1.54) is 0 Å². The lowest BCUT2D eigenvalue weighted by molar-refractivity contribution is -0.131. The van der Waals surface area contributed by atoms with Crippen LogP contribution in [0, 0.1) is 11.6 Å². The number of anilines is 1. The molecule has 43 heavy (non-hydrogen) atoms. The molecule has 0 radical (unpaired) electrons. The SMILES string of the molecule is NC(=O)CC[C@H](NC(=O)[C@H](Cc1ccccc1)NC(=O)CNC(=O)CCc1ccccc1)C(=O)Nc1ccc(F)cc1F. The number of hydrogen-bond acceptors (Lipinski definition) is 5. The Morgan fingerprint density at radius 2 is 1.37 bits per heavy atom. The fourth-order valence-electron chi connectivity index (χ4n) is 4.11. The molecule has 0 fully saturated rings. The second kappa shape index (κ2) is 16.3. The topological polar surface area (TPSA) is 159 Å². The summed E-state index contributed by atoms with van der Waals surface area (Å²) in [6.45, 7) is -0.387. The van der Waals surface area contributed by atoms with E-state index in [2.05, 4.69) is 21.3 Å². The predicted octanol–water partition coefficient (Wildman–Crippen LogP) is 2.13. The van der Waals surface area contributed by atoms with Gasteiger partial charge in [0.05, 0.1) is 12.2 Å². The first kappa shape index (κ1) is 32.4. The van der Waals surface area contributed by atoms with Gasteiger partial charge in [-0.15, -0.1) is 0 Å². The van der Waals surface area contributed by atoms with Gasteiger partial charge >= 0.3 is 0 Å². The molecule has 3 rings (SSSR count). The van der Waals surface area contributed by atoms with Crippen molar-refractivity contribution in [3.63, 3.8) is 0 Å². The van der Waals surface area contributed by atoms with E-state index in [-0.39, 0.29) is 43.8 Å². The third kappa shape index (κ3) is 11.3. The molecular formula is C31H33F2N5O5. The monoisotopic (exact) mass is 593 g/mol. The lowest BCUT2D eigenvalue weighted by Gasteiger charge is -2.23. The van der Waals surface area contributed by atoms with Gasteiger partial charge in [-0.2, -0.15) is 0 Å². The molecule has 3 aromatic rings. The van der Waals surface area contributed by atoms with Gasteiger partial charge in [-0.25, -0.2) is 8.78 Å². The van der Waals surface area contributed by atoms with Gasteiger partial charge in [-0.05, 0) is 36.1 Å². The van der Waals surface area contributed by atoms with Crippen molar-refractivity contribution in [2.45, 2.75) is 44.2 Å². The summed E-state index contributed by atoms with van der Waals surface area (Å²) in [5, 5.41) is 9.87. The van der Waals surface area contributed by atoms with Crippen LogP contribution < -0.4 is 27.0 Å². The number of benzene rings is 3. The van der Waals surface area contributed by atoms with E-state index in [0.29, 0.717) is 18.1 Å². The van der Waals surface area contributed by atoms with Crippen molar-refractivity contribution in [3.05, 3.63) is 102 Å². The van der Waals surface area contributed by atoms with Gasteiger partial charge in [0.25, 0.3) is 0 Å². The van der Waals surface area contributed by atoms with Gasteiger partial charge in [0.2, 0.25) is 29.5 Å². The maximum absolute atomic E-state index is 14.1. The summed E-state index contributed by atoms with van der Waals surface area (Å²) in [6, 6.07) is 18.2. The number of halogens is 2. The van der Waals surface area contributed by atoms with E-state index in [4.69, 9.17) is 5.73 Å². The summed E-state index contributed by atoms with van der Waals surface area (Å²) in [5.74, 6) is -5.26. The lowest BCUT2D eigenvalue weighted by atomic mass is 10.0. The van der Waals surface area contributed by atoms with Gasteiger partial charge in [0.15, 0.2) is 0 Å². The Balaban J connectivity index is 1.67. The third-order valence-corrected chi connectivity index (χ3v) is 6.37. The predicted molar refractivity (Wildman–Crippen MR) is 155 cm³/mol. The summed E-state index contributed by atoms with van der Waals surface area (Å²) < 4.78 is 27.4. The quantitative estimate of drug-likeness (QED) is 0.182. The van der Waals surface area contributed by atoms with Gasteiger partial charge in [0.1, 0.15) is 23.7 Å². The van der Waals surface area contributed by atoms with Crippen molar-refractivity contribution in [3.8, 4) is 0 Å². The molecule has 0 heterocycles. The van der Waals surface area contributed by atoms with E-state index in [1.807, 2.05) is 30.3 Å². The molecule has 12 heteroatoms. The van der Waals surface area contributed by atoms with E-state index < -0.39 is 47.3 Å². The highest BCUT2D eigenvalue weighted by molar-refractivity contribution is 5.99. The fraction of sp³-hybridized carbons (Fsp3) is 0.258. The molecule has 0 aliphatic carbocycles. The molecule has 0 saturated carbocycles. The number of primary amides is 1. The number of nitrogens with two attached hydrogens (primary N) is 1. The van der Waals surface area contributed by atoms with E-state index >= 15 is 0 Å². The number of rotatable bonds is 15. The highest BCUT2D eigenvalue weighted by atomic mass is 19.1. The zero-order chi connectivity index (χ0) is 31.2. The third-order valence-electron chi connectivity index (χ3n) is 6.37. The Morgan fingerprint density at radius 3 is 2.00 bits per heavy atom. The number of hydrogen-bond donors (Lipinski definition) is 5. The largest absolute Gasteiger partial charge is 0.370 e. The Bertz CT molecular complexity index is 1420. The number of nitrogens with one attached hydrogen (secondary N) is 4. The van der Waals surface area contributed by atoms with Crippen LogP contribution in [0.4, 0.5) is 14.5 Å². The second-order valence-corrected chi connectivity index (χ2v) is 9.75. The Morgan fingerprint density at radius 1 is 0.721 bits per heavy atom. The van der Waals surface area contributed by atoms with Crippen molar-refractivity contribution in [1.82, 2.24) is 16.0 Å². The summed E-state index contributed by atoms with van der Waals surface area (Å²) >= 11 is 0. The minimum Gasteiger partial charge on any atom is -0.370 e. The van der Waals surface area contributed by atoms with Crippen LogP contribution in [-0.2, 0) is 36.8 Å². The molecule has 0 saturated heterocycles. The maximum Gasteiger partial charge on any atom is 0.247 e. The normalized spacial score (nSPS) is 12.0. The van der Waals surface area contributed by atoms with Crippen LogP contribution in [0.1, 0.15) is 30.4 Å². The van der Waals surface area contributed by atoms with Crippen LogP contribution in [0.3, 0.4) is 0 Å². The van der Waals surface area contributed by atoms with Gasteiger partial charge in [0, 0.05) is 25.3 Å². The van der Waals surface area contributed by atoms with Gasteiger partial charge in [-0.3, -0.25) is 24.0 Å². The molecular weight excluding hydrogens is 560 g/mol.